The molecule has 2 aromatic heterocycles. The van der Waals surface area contributed by atoms with Gasteiger partial charge in [0, 0.05) is 18.9 Å². The van der Waals surface area contributed by atoms with Crippen LogP contribution in [0.15, 0.2) is 22.3 Å². The molecule has 0 spiro atoms. The van der Waals surface area contributed by atoms with Crippen molar-refractivity contribution in [2.24, 2.45) is 0 Å². The van der Waals surface area contributed by atoms with Gasteiger partial charge in [0.1, 0.15) is 5.82 Å². The number of nitrogens with zero attached hydrogens (tertiary/aromatic N) is 5. The monoisotopic (exact) mass is 305 g/mol. The van der Waals surface area contributed by atoms with Crippen molar-refractivity contribution >= 4 is 11.8 Å². The van der Waals surface area contributed by atoms with Gasteiger partial charge in [-0.05, 0) is 19.8 Å². The predicted octanol–water partition coefficient (Wildman–Crippen LogP) is 3.14. The minimum absolute atomic E-state index is 0.0534. The molecule has 0 N–H and O–H groups in total. The summed E-state index contributed by atoms with van der Waals surface area (Å²) in [6.07, 6.45) is 5.07. The molecule has 7 heteroatoms. The van der Waals surface area contributed by atoms with Gasteiger partial charge in [0.2, 0.25) is 5.89 Å². The first-order valence-electron chi connectivity index (χ1n) is 7.26. The number of rotatable bonds is 7. The quantitative estimate of drug-likeness (QED) is 0.578. The van der Waals surface area contributed by atoms with Gasteiger partial charge in [0.25, 0.3) is 0 Å². The molecule has 1 aliphatic carbocycles. The Morgan fingerprint density at radius 3 is 2.90 bits per heavy atom. The van der Waals surface area contributed by atoms with Crippen molar-refractivity contribution in [3.63, 3.8) is 0 Å². The summed E-state index contributed by atoms with van der Waals surface area (Å²) in [6.45, 7) is 8.61. The first kappa shape index (κ1) is 14.3. The van der Waals surface area contributed by atoms with Crippen LogP contribution in [0, 0.1) is 0 Å². The zero-order valence-corrected chi connectivity index (χ0v) is 13.1. The van der Waals surface area contributed by atoms with Crippen LogP contribution in [0.1, 0.15) is 55.4 Å². The normalized spacial score (nSPS) is 16.1. The van der Waals surface area contributed by atoms with Gasteiger partial charge in [-0.15, -0.1) is 16.8 Å². The molecular formula is C14H19N5OS. The Hall–Kier alpha value is -1.63. The zero-order chi connectivity index (χ0) is 14.8. The van der Waals surface area contributed by atoms with Crippen LogP contribution in [-0.4, -0.2) is 24.9 Å². The number of hydrogen-bond donors (Lipinski definition) is 0. The van der Waals surface area contributed by atoms with E-state index >= 15 is 0 Å². The van der Waals surface area contributed by atoms with E-state index in [1.54, 1.807) is 11.8 Å². The molecule has 0 bridgehead atoms. The highest BCUT2D eigenvalue weighted by Crippen LogP contribution is 2.41. The molecule has 1 unspecified atom stereocenters. The van der Waals surface area contributed by atoms with E-state index in [4.69, 9.17) is 4.52 Å². The molecule has 0 aromatic carbocycles. The van der Waals surface area contributed by atoms with Gasteiger partial charge in [0.15, 0.2) is 11.0 Å². The highest BCUT2D eigenvalue weighted by atomic mass is 32.2. The molecule has 0 radical (unpaired) electrons. The van der Waals surface area contributed by atoms with Crippen molar-refractivity contribution in [3.8, 4) is 0 Å². The van der Waals surface area contributed by atoms with Crippen molar-refractivity contribution in [1.82, 2.24) is 24.9 Å². The molecule has 0 saturated heterocycles. The number of aromatic nitrogens is 5. The van der Waals surface area contributed by atoms with Crippen LogP contribution in [0.4, 0.5) is 0 Å². The summed E-state index contributed by atoms with van der Waals surface area (Å²) in [6, 6.07) is 0. The van der Waals surface area contributed by atoms with Gasteiger partial charge in [-0.1, -0.05) is 29.9 Å². The molecule has 1 fully saturated rings. The van der Waals surface area contributed by atoms with Crippen molar-refractivity contribution in [1.29, 1.82) is 0 Å². The molecule has 1 aliphatic rings. The standard InChI is InChI=1S/C14H19N5OS/c1-4-8-19-12(10-6-7-10)16-17-14(19)21-9(3)13-15-11(5-2)18-20-13/h4,9-10H,1,5-8H2,2-3H3. The smallest absolute Gasteiger partial charge is 0.239 e. The Morgan fingerprint density at radius 2 is 2.29 bits per heavy atom. The summed E-state index contributed by atoms with van der Waals surface area (Å²) in [5.74, 6) is 3.02. The average Bonchev–Trinajstić information content (AvgIpc) is 3.08. The van der Waals surface area contributed by atoms with Crippen LogP contribution >= 0.6 is 11.8 Å². The summed E-state index contributed by atoms with van der Waals surface area (Å²) >= 11 is 1.60. The first-order valence-corrected chi connectivity index (χ1v) is 8.14. The Labute approximate surface area is 128 Å². The number of allylic oxidation sites excluding steroid dienone is 1. The highest BCUT2D eigenvalue weighted by Gasteiger charge is 2.30. The summed E-state index contributed by atoms with van der Waals surface area (Å²) < 4.78 is 7.44. The summed E-state index contributed by atoms with van der Waals surface area (Å²) in [4.78, 5) is 4.38. The lowest BCUT2D eigenvalue weighted by molar-refractivity contribution is 0.375. The number of hydrogen-bond acceptors (Lipinski definition) is 6. The molecule has 2 heterocycles. The Kier molecular flexibility index (Phi) is 4.10. The Bertz CT molecular complexity index is 631. The maximum absolute atomic E-state index is 5.30. The molecule has 0 aliphatic heterocycles. The lowest BCUT2D eigenvalue weighted by Crippen LogP contribution is -2.03. The van der Waals surface area contributed by atoms with Crippen molar-refractivity contribution in [3.05, 3.63) is 30.2 Å². The second-order valence-electron chi connectivity index (χ2n) is 5.18. The fraction of sp³-hybridized carbons (Fsp3) is 0.571. The Balaban J connectivity index is 1.78. The van der Waals surface area contributed by atoms with Gasteiger partial charge < -0.3 is 9.09 Å². The van der Waals surface area contributed by atoms with E-state index in [0.717, 1.165) is 29.8 Å². The molecule has 112 valence electrons. The van der Waals surface area contributed by atoms with E-state index < -0.39 is 0 Å². The summed E-state index contributed by atoms with van der Waals surface area (Å²) in [7, 11) is 0. The lowest BCUT2D eigenvalue weighted by atomic mass is 10.4. The SMILES string of the molecule is C=CCn1c(SC(C)c2nc(CC)no2)nnc1C1CC1. The van der Waals surface area contributed by atoms with Crippen LogP contribution in [0.2, 0.25) is 0 Å². The minimum Gasteiger partial charge on any atom is -0.338 e. The van der Waals surface area contributed by atoms with Gasteiger partial charge >= 0.3 is 0 Å². The fourth-order valence-electron chi connectivity index (χ4n) is 2.12. The molecule has 1 atom stereocenters. The second-order valence-corrected chi connectivity index (χ2v) is 6.48. The van der Waals surface area contributed by atoms with Crippen molar-refractivity contribution < 1.29 is 4.52 Å². The molecule has 1 saturated carbocycles. The van der Waals surface area contributed by atoms with Crippen LogP contribution in [0.5, 0.6) is 0 Å². The second kappa shape index (κ2) is 6.01. The van der Waals surface area contributed by atoms with E-state index in [0.29, 0.717) is 11.8 Å². The maximum Gasteiger partial charge on any atom is 0.239 e. The fourth-order valence-corrected chi connectivity index (χ4v) is 3.01. The minimum atomic E-state index is 0.0534. The molecule has 3 rings (SSSR count). The van der Waals surface area contributed by atoms with Crippen molar-refractivity contribution in [2.45, 2.75) is 56.0 Å². The lowest BCUT2D eigenvalue weighted by Gasteiger charge is -2.09. The largest absolute Gasteiger partial charge is 0.338 e. The maximum atomic E-state index is 5.30. The topological polar surface area (TPSA) is 69.6 Å². The third-order valence-electron chi connectivity index (χ3n) is 3.43. The number of thioether (sulfide) groups is 1. The zero-order valence-electron chi connectivity index (χ0n) is 12.3. The van der Waals surface area contributed by atoms with E-state index in [9.17, 15) is 0 Å². The van der Waals surface area contributed by atoms with E-state index in [2.05, 4.69) is 31.5 Å². The van der Waals surface area contributed by atoms with E-state index in [1.807, 2.05) is 19.9 Å². The van der Waals surface area contributed by atoms with Crippen LogP contribution < -0.4 is 0 Å². The first-order chi connectivity index (χ1) is 10.2. The summed E-state index contributed by atoms with van der Waals surface area (Å²) in [5.41, 5.74) is 0. The molecule has 2 aromatic rings. The third-order valence-corrected chi connectivity index (χ3v) is 4.50. The summed E-state index contributed by atoms with van der Waals surface area (Å²) in [5, 5.41) is 13.6. The average molecular weight is 305 g/mol. The molecule has 0 amide bonds. The third kappa shape index (κ3) is 3.02. The van der Waals surface area contributed by atoms with E-state index in [1.165, 1.54) is 12.8 Å². The van der Waals surface area contributed by atoms with Gasteiger partial charge in [-0.2, -0.15) is 4.98 Å². The Morgan fingerprint density at radius 1 is 1.48 bits per heavy atom. The van der Waals surface area contributed by atoms with Gasteiger partial charge in [0.05, 0.1) is 5.25 Å². The van der Waals surface area contributed by atoms with E-state index in [-0.39, 0.29) is 5.25 Å². The van der Waals surface area contributed by atoms with Gasteiger partial charge in [-0.3, -0.25) is 0 Å². The molecule has 21 heavy (non-hydrogen) atoms. The molecule has 6 nitrogen and oxygen atoms in total. The number of aryl methyl sites for hydroxylation is 1. The van der Waals surface area contributed by atoms with Crippen LogP contribution in [0.25, 0.3) is 0 Å². The predicted molar refractivity (Wildman–Crippen MR) is 80.1 cm³/mol. The van der Waals surface area contributed by atoms with Gasteiger partial charge in [-0.25, -0.2) is 0 Å². The molecular weight excluding hydrogens is 286 g/mol. The van der Waals surface area contributed by atoms with Crippen molar-refractivity contribution in [2.75, 3.05) is 0 Å². The van der Waals surface area contributed by atoms with Crippen LogP contribution in [0.3, 0.4) is 0 Å². The van der Waals surface area contributed by atoms with Crippen LogP contribution in [-0.2, 0) is 13.0 Å². The highest BCUT2D eigenvalue weighted by molar-refractivity contribution is 7.99.